The fourth-order valence-electron chi connectivity index (χ4n) is 3.76. The molecule has 1 aliphatic rings. The monoisotopic (exact) mass is 381 g/mol. The third-order valence-electron chi connectivity index (χ3n) is 5.45. The molecule has 1 N–H and O–H groups in total. The normalized spacial score (nSPS) is 17.2. The summed E-state index contributed by atoms with van der Waals surface area (Å²) in [5.41, 5.74) is 2.73. The van der Waals surface area contributed by atoms with Gasteiger partial charge in [-0.15, -0.1) is 0 Å². The largest absolute Gasteiger partial charge is 0.352 e. The van der Waals surface area contributed by atoms with Gasteiger partial charge in [0.15, 0.2) is 0 Å². The zero-order valence-electron chi connectivity index (χ0n) is 16.3. The molecular formula is C22H27N3O3. The van der Waals surface area contributed by atoms with E-state index in [1.165, 1.54) is 30.9 Å². The molecule has 0 unspecified atom stereocenters. The van der Waals surface area contributed by atoms with Crippen LogP contribution in [0.25, 0.3) is 0 Å². The van der Waals surface area contributed by atoms with E-state index in [-0.39, 0.29) is 18.0 Å². The Hall–Kier alpha value is -2.73. The Kier molecular flexibility index (Phi) is 6.76. The molecule has 1 aliphatic heterocycles. The first-order valence-corrected chi connectivity index (χ1v) is 9.84. The maximum Gasteiger partial charge on any atom is 0.273 e. The van der Waals surface area contributed by atoms with Crippen LogP contribution in [0, 0.1) is 10.1 Å². The molecule has 6 heteroatoms. The number of nitro benzene ring substituents is 1. The molecule has 0 bridgehead atoms. The second-order valence-corrected chi connectivity index (χ2v) is 7.42. The number of amides is 1. The van der Waals surface area contributed by atoms with E-state index in [0.717, 1.165) is 18.7 Å². The number of hydrogen-bond donors (Lipinski definition) is 1. The van der Waals surface area contributed by atoms with Gasteiger partial charge in [0.2, 0.25) is 5.91 Å². The Balaban J connectivity index is 1.62. The van der Waals surface area contributed by atoms with Gasteiger partial charge < -0.3 is 5.32 Å². The standard InChI is InChI=1S/C22H27N3O3/c1-17-8-6-7-13-24(17)16-20-11-3-2-10-19(20)15-23-22(26)14-18-9-4-5-12-21(18)25(27)28/h2-5,9-12,17H,6-8,13-16H2,1H3,(H,23,26)/t17-/m0/s1. The molecule has 1 saturated heterocycles. The van der Waals surface area contributed by atoms with Gasteiger partial charge in [-0.25, -0.2) is 0 Å². The number of rotatable bonds is 7. The fourth-order valence-corrected chi connectivity index (χ4v) is 3.76. The molecule has 0 aromatic heterocycles. The van der Waals surface area contributed by atoms with Crippen molar-refractivity contribution in [1.29, 1.82) is 0 Å². The zero-order chi connectivity index (χ0) is 19.9. The van der Waals surface area contributed by atoms with Gasteiger partial charge in [-0.2, -0.15) is 0 Å². The highest BCUT2D eigenvalue weighted by Crippen LogP contribution is 2.21. The molecule has 1 heterocycles. The number of nitrogens with zero attached hydrogens (tertiary/aromatic N) is 2. The van der Waals surface area contributed by atoms with Crippen molar-refractivity contribution in [2.45, 2.75) is 51.7 Å². The van der Waals surface area contributed by atoms with Gasteiger partial charge >= 0.3 is 0 Å². The van der Waals surface area contributed by atoms with Gasteiger partial charge in [0.25, 0.3) is 5.69 Å². The van der Waals surface area contributed by atoms with Crippen molar-refractivity contribution in [1.82, 2.24) is 10.2 Å². The van der Waals surface area contributed by atoms with Crippen LogP contribution < -0.4 is 5.32 Å². The first-order chi connectivity index (χ1) is 13.5. The van der Waals surface area contributed by atoms with Crippen LogP contribution in [0.3, 0.4) is 0 Å². The second-order valence-electron chi connectivity index (χ2n) is 7.42. The SMILES string of the molecule is C[C@H]1CCCCN1Cc1ccccc1CNC(=O)Cc1ccccc1[N+](=O)[O-]. The molecule has 3 rings (SSSR count). The highest BCUT2D eigenvalue weighted by Gasteiger charge is 2.19. The van der Waals surface area contributed by atoms with Crippen LogP contribution in [0.1, 0.15) is 42.9 Å². The summed E-state index contributed by atoms with van der Waals surface area (Å²) in [6, 6.07) is 15.1. The first kappa shape index (κ1) is 20.0. The predicted octanol–water partition coefficient (Wildman–Crippen LogP) is 3.83. The lowest BCUT2D eigenvalue weighted by molar-refractivity contribution is -0.385. The smallest absolute Gasteiger partial charge is 0.273 e. The molecule has 2 aromatic rings. The average Bonchev–Trinajstić information content (AvgIpc) is 2.69. The van der Waals surface area contributed by atoms with E-state index in [2.05, 4.69) is 23.2 Å². The third kappa shape index (κ3) is 5.16. The summed E-state index contributed by atoms with van der Waals surface area (Å²) in [6.45, 7) is 4.70. The molecule has 1 amide bonds. The summed E-state index contributed by atoms with van der Waals surface area (Å²) in [5, 5.41) is 14.0. The molecule has 2 aromatic carbocycles. The Morgan fingerprint density at radius 2 is 1.79 bits per heavy atom. The summed E-state index contributed by atoms with van der Waals surface area (Å²) in [6.07, 6.45) is 3.76. The van der Waals surface area contributed by atoms with Crippen LogP contribution in [0.2, 0.25) is 0 Å². The molecule has 0 aliphatic carbocycles. The van der Waals surface area contributed by atoms with E-state index >= 15 is 0 Å². The van der Waals surface area contributed by atoms with Crippen molar-refractivity contribution in [3.05, 3.63) is 75.3 Å². The number of carbonyl (C=O) groups is 1. The molecule has 1 atom stereocenters. The van der Waals surface area contributed by atoms with Crippen molar-refractivity contribution in [3.63, 3.8) is 0 Å². The van der Waals surface area contributed by atoms with Crippen LogP contribution in [0.5, 0.6) is 0 Å². The minimum atomic E-state index is -0.447. The topological polar surface area (TPSA) is 75.5 Å². The summed E-state index contributed by atoms with van der Waals surface area (Å²) in [4.78, 5) is 25.5. The van der Waals surface area contributed by atoms with Crippen molar-refractivity contribution in [2.75, 3.05) is 6.54 Å². The van der Waals surface area contributed by atoms with Crippen LogP contribution in [0.15, 0.2) is 48.5 Å². The third-order valence-corrected chi connectivity index (χ3v) is 5.45. The minimum absolute atomic E-state index is 0.00246. The second kappa shape index (κ2) is 9.46. The van der Waals surface area contributed by atoms with Crippen LogP contribution in [-0.2, 0) is 24.3 Å². The van der Waals surface area contributed by atoms with Crippen LogP contribution >= 0.6 is 0 Å². The number of nitro groups is 1. The highest BCUT2D eigenvalue weighted by molar-refractivity contribution is 5.79. The van der Waals surface area contributed by atoms with Gasteiger partial charge in [0.05, 0.1) is 11.3 Å². The number of carbonyl (C=O) groups excluding carboxylic acids is 1. The Bertz CT molecular complexity index is 837. The van der Waals surface area contributed by atoms with Gasteiger partial charge in [-0.1, -0.05) is 48.9 Å². The average molecular weight is 381 g/mol. The van der Waals surface area contributed by atoms with Crippen molar-refractivity contribution < 1.29 is 9.72 Å². The number of para-hydroxylation sites is 1. The van der Waals surface area contributed by atoms with Crippen LogP contribution in [-0.4, -0.2) is 28.3 Å². The summed E-state index contributed by atoms with van der Waals surface area (Å²) < 4.78 is 0. The maximum atomic E-state index is 12.4. The Morgan fingerprint density at radius 1 is 1.11 bits per heavy atom. The Labute approximate surface area is 165 Å². The van der Waals surface area contributed by atoms with E-state index in [0.29, 0.717) is 18.2 Å². The molecule has 0 saturated carbocycles. The van der Waals surface area contributed by atoms with Crippen LogP contribution in [0.4, 0.5) is 5.69 Å². The van der Waals surface area contributed by atoms with E-state index < -0.39 is 4.92 Å². The molecule has 1 fully saturated rings. The van der Waals surface area contributed by atoms with Crippen molar-refractivity contribution in [2.24, 2.45) is 0 Å². The quantitative estimate of drug-likeness (QED) is 0.584. The number of likely N-dealkylation sites (tertiary alicyclic amines) is 1. The molecule has 148 valence electrons. The van der Waals surface area contributed by atoms with E-state index in [1.54, 1.807) is 18.2 Å². The molecule has 28 heavy (non-hydrogen) atoms. The maximum absolute atomic E-state index is 12.4. The molecule has 0 radical (unpaired) electrons. The first-order valence-electron chi connectivity index (χ1n) is 9.84. The van der Waals surface area contributed by atoms with Gasteiger partial charge in [-0.3, -0.25) is 19.8 Å². The number of hydrogen-bond acceptors (Lipinski definition) is 4. The lowest BCUT2D eigenvalue weighted by Crippen LogP contribution is -2.37. The fraction of sp³-hybridized carbons (Fsp3) is 0.409. The van der Waals surface area contributed by atoms with Gasteiger partial charge in [0.1, 0.15) is 0 Å². The van der Waals surface area contributed by atoms with Gasteiger partial charge in [0, 0.05) is 30.8 Å². The summed E-state index contributed by atoms with van der Waals surface area (Å²) >= 11 is 0. The highest BCUT2D eigenvalue weighted by atomic mass is 16.6. The Morgan fingerprint density at radius 3 is 2.50 bits per heavy atom. The molecule has 0 spiro atoms. The number of benzene rings is 2. The van der Waals surface area contributed by atoms with Gasteiger partial charge in [-0.05, 0) is 37.4 Å². The minimum Gasteiger partial charge on any atom is -0.352 e. The molecule has 6 nitrogen and oxygen atoms in total. The van der Waals surface area contributed by atoms with E-state index in [1.807, 2.05) is 18.2 Å². The summed E-state index contributed by atoms with van der Waals surface area (Å²) in [5.74, 6) is -0.213. The lowest BCUT2D eigenvalue weighted by Gasteiger charge is -2.33. The molecular weight excluding hydrogens is 354 g/mol. The number of nitrogens with one attached hydrogen (secondary N) is 1. The number of piperidine rings is 1. The zero-order valence-corrected chi connectivity index (χ0v) is 16.3. The predicted molar refractivity (Wildman–Crippen MR) is 109 cm³/mol. The van der Waals surface area contributed by atoms with Crippen molar-refractivity contribution in [3.8, 4) is 0 Å². The lowest BCUT2D eigenvalue weighted by atomic mass is 10.0. The van der Waals surface area contributed by atoms with E-state index in [4.69, 9.17) is 0 Å². The van der Waals surface area contributed by atoms with E-state index in [9.17, 15) is 14.9 Å². The summed E-state index contributed by atoms with van der Waals surface area (Å²) in [7, 11) is 0. The van der Waals surface area contributed by atoms with Crippen molar-refractivity contribution >= 4 is 11.6 Å².